The van der Waals surface area contributed by atoms with Crippen LogP contribution in [0.3, 0.4) is 0 Å². The highest BCUT2D eigenvalue weighted by Crippen LogP contribution is 2.46. The Morgan fingerprint density at radius 3 is 1.73 bits per heavy atom. The molecule has 0 rings (SSSR count). The van der Waals surface area contributed by atoms with Gasteiger partial charge in [0.15, 0.2) is 0 Å². The molecule has 0 aliphatic heterocycles. The molecule has 0 bridgehead atoms. The summed E-state index contributed by atoms with van der Waals surface area (Å²) in [6.45, 7) is 23.9. The summed E-state index contributed by atoms with van der Waals surface area (Å²) in [6, 6.07) is 0. The van der Waals surface area contributed by atoms with Crippen molar-refractivity contribution >= 4 is 0 Å². The molecule has 0 aromatic carbocycles. The highest BCUT2D eigenvalue weighted by molar-refractivity contribution is 4.90. The minimum absolute atomic E-state index is 0.214. The topological polar surface area (TPSA) is 21.7 Å². The van der Waals surface area contributed by atoms with Crippen LogP contribution in [-0.2, 0) is 9.47 Å². The molecular weight excluding hydrogens is 406 g/mol. The van der Waals surface area contributed by atoms with Gasteiger partial charge in [0.25, 0.3) is 0 Å². The van der Waals surface area contributed by atoms with E-state index in [4.69, 9.17) is 9.47 Å². The molecule has 0 aliphatic rings. The number of hydrogen-bond acceptors (Lipinski definition) is 3. The monoisotopic (exact) mass is 469 g/mol. The number of rotatable bonds is 18. The lowest BCUT2D eigenvalue weighted by Crippen LogP contribution is -2.41. The van der Waals surface area contributed by atoms with Gasteiger partial charge in [-0.25, -0.2) is 0 Å². The molecule has 3 nitrogen and oxygen atoms in total. The van der Waals surface area contributed by atoms with Crippen LogP contribution in [0.25, 0.3) is 0 Å². The summed E-state index contributed by atoms with van der Waals surface area (Å²) in [5, 5.41) is 0. The highest BCUT2D eigenvalue weighted by Gasteiger charge is 2.39. The SMILES string of the molecule is CCC(CC(CC(CC(C)C)CC(C)(C)N(C)C)C(C)C(C)(CC)CC(OC)C(C)C)OC. The Balaban J connectivity index is 6.02. The zero-order chi connectivity index (χ0) is 26.0. The molecule has 0 aromatic rings. The van der Waals surface area contributed by atoms with Crippen LogP contribution in [0.5, 0.6) is 0 Å². The molecule has 6 unspecified atom stereocenters. The van der Waals surface area contributed by atoms with E-state index in [9.17, 15) is 0 Å². The second-order valence-electron chi connectivity index (χ2n) is 12.9. The predicted molar refractivity (Wildman–Crippen MR) is 147 cm³/mol. The standard InChI is InChI=1S/C30H63NO2/c1-15-27(32-13)19-26(18-25(17-22(3)4)20-29(8,9)31(11)12)24(7)30(10,16-2)21-28(33-14)23(5)6/h22-28H,15-21H2,1-14H3. The molecule has 0 fully saturated rings. The molecular formula is C30H63NO2. The van der Waals surface area contributed by atoms with Crippen molar-refractivity contribution in [3.05, 3.63) is 0 Å². The lowest BCUT2D eigenvalue weighted by Gasteiger charge is -2.45. The molecule has 6 atom stereocenters. The van der Waals surface area contributed by atoms with Crippen LogP contribution in [0.15, 0.2) is 0 Å². The molecule has 33 heavy (non-hydrogen) atoms. The smallest absolute Gasteiger partial charge is 0.0599 e. The van der Waals surface area contributed by atoms with E-state index in [1.54, 1.807) is 0 Å². The van der Waals surface area contributed by atoms with Crippen molar-refractivity contribution in [1.29, 1.82) is 0 Å². The fourth-order valence-corrected chi connectivity index (χ4v) is 5.79. The first-order chi connectivity index (χ1) is 15.2. The molecule has 0 saturated heterocycles. The zero-order valence-electron chi connectivity index (χ0n) is 25.3. The van der Waals surface area contributed by atoms with Crippen molar-refractivity contribution in [2.24, 2.45) is 35.0 Å². The van der Waals surface area contributed by atoms with E-state index in [1.807, 2.05) is 14.2 Å². The van der Waals surface area contributed by atoms with Crippen molar-refractivity contribution in [3.8, 4) is 0 Å². The van der Waals surface area contributed by atoms with Crippen LogP contribution in [-0.4, -0.2) is 51.0 Å². The molecule has 0 saturated carbocycles. The maximum Gasteiger partial charge on any atom is 0.0599 e. The van der Waals surface area contributed by atoms with Gasteiger partial charge in [0.05, 0.1) is 12.2 Å². The number of ether oxygens (including phenoxy) is 2. The van der Waals surface area contributed by atoms with Crippen LogP contribution in [0.4, 0.5) is 0 Å². The maximum absolute atomic E-state index is 5.96. The lowest BCUT2D eigenvalue weighted by molar-refractivity contribution is -0.0203. The van der Waals surface area contributed by atoms with Gasteiger partial charge in [-0.05, 0) is 101 Å². The van der Waals surface area contributed by atoms with Gasteiger partial charge in [-0.15, -0.1) is 0 Å². The molecule has 3 heteroatoms. The lowest BCUT2D eigenvalue weighted by atomic mass is 9.63. The van der Waals surface area contributed by atoms with E-state index in [0.29, 0.717) is 30.0 Å². The van der Waals surface area contributed by atoms with Gasteiger partial charge in [0.2, 0.25) is 0 Å². The first-order valence-corrected chi connectivity index (χ1v) is 13.9. The van der Waals surface area contributed by atoms with E-state index in [2.05, 4.69) is 88.2 Å². The minimum atomic E-state index is 0.214. The number of nitrogens with zero attached hydrogens (tertiary/aromatic N) is 1. The van der Waals surface area contributed by atoms with Crippen molar-refractivity contribution in [1.82, 2.24) is 4.90 Å². The van der Waals surface area contributed by atoms with Gasteiger partial charge in [-0.2, -0.15) is 0 Å². The number of methoxy groups -OCH3 is 2. The predicted octanol–water partition coefficient (Wildman–Crippen LogP) is 8.31. The Morgan fingerprint density at radius 1 is 0.788 bits per heavy atom. The van der Waals surface area contributed by atoms with Gasteiger partial charge in [-0.3, -0.25) is 0 Å². The van der Waals surface area contributed by atoms with Crippen LogP contribution < -0.4 is 0 Å². The summed E-state index contributed by atoms with van der Waals surface area (Å²) in [5.41, 5.74) is 0.479. The summed E-state index contributed by atoms with van der Waals surface area (Å²) in [4.78, 5) is 2.41. The Hall–Kier alpha value is -0.120. The van der Waals surface area contributed by atoms with E-state index in [-0.39, 0.29) is 11.0 Å². The first-order valence-electron chi connectivity index (χ1n) is 13.9. The molecule has 0 spiro atoms. The molecule has 0 aromatic heterocycles. The van der Waals surface area contributed by atoms with E-state index >= 15 is 0 Å². The van der Waals surface area contributed by atoms with Gasteiger partial charge >= 0.3 is 0 Å². The Kier molecular flexibility index (Phi) is 15.0. The number of hydrogen-bond donors (Lipinski definition) is 0. The highest BCUT2D eigenvalue weighted by atomic mass is 16.5. The average Bonchev–Trinajstić information content (AvgIpc) is 2.72. The third-order valence-corrected chi connectivity index (χ3v) is 9.12. The van der Waals surface area contributed by atoms with E-state index in [1.165, 1.54) is 32.1 Å². The fraction of sp³-hybridized carbons (Fsp3) is 1.00. The minimum Gasteiger partial charge on any atom is -0.381 e. The quantitative estimate of drug-likeness (QED) is 0.201. The van der Waals surface area contributed by atoms with E-state index in [0.717, 1.165) is 24.7 Å². The van der Waals surface area contributed by atoms with Gasteiger partial charge in [-0.1, -0.05) is 61.8 Å². The maximum atomic E-state index is 5.96. The third kappa shape index (κ3) is 11.0. The first kappa shape index (κ1) is 32.9. The van der Waals surface area contributed by atoms with Gasteiger partial charge in [0, 0.05) is 19.8 Å². The molecule has 200 valence electrons. The van der Waals surface area contributed by atoms with Crippen molar-refractivity contribution in [2.45, 2.75) is 132 Å². The molecule has 0 N–H and O–H groups in total. The second-order valence-corrected chi connectivity index (χ2v) is 12.9. The summed E-state index contributed by atoms with van der Waals surface area (Å²) in [5.74, 6) is 3.29. The largest absolute Gasteiger partial charge is 0.381 e. The van der Waals surface area contributed by atoms with Crippen molar-refractivity contribution in [2.75, 3.05) is 28.3 Å². The van der Waals surface area contributed by atoms with Gasteiger partial charge < -0.3 is 14.4 Å². The molecule has 0 amide bonds. The van der Waals surface area contributed by atoms with Gasteiger partial charge in [0.1, 0.15) is 0 Å². The van der Waals surface area contributed by atoms with Crippen LogP contribution >= 0.6 is 0 Å². The van der Waals surface area contributed by atoms with Crippen LogP contribution in [0, 0.1) is 35.0 Å². The summed E-state index contributed by atoms with van der Waals surface area (Å²) in [6.07, 6.45) is 9.11. The normalized spacial score (nSPS) is 19.5. The van der Waals surface area contributed by atoms with E-state index < -0.39 is 0 Å². The Labute approximate surface area is 209 Å². The average molecular weight is 470 g/mol. The molecule has 0 aliphatic carbocycles. The summed E-state index contributed by atoms with van der Waals surface area (Å²) < 4.78 is 11.9. The summed E-state index contributed by atoms with van der Waals surface area (Å²) in [7, 11) is 8.25. The Bertz CT molecular complexity index is 498. The van der Waals surface area contributed by atoms with Crippen LogP contribution in [0.2, 0.25) is 0 Å². The summed E-state index contributed by atoms with van der Waals surface area (Å²) >= 11 is 0. The third-order valence-electron chi connectivity index (χ3n) is 9.12. The van der Waals surface area contributed by atoms with Crippen molar-refractivity contribution in [3.63, 3.8) is 0 Å². The zero-order valence-corrected chi connectivity index (χ0v) is 25.3. The Morgan fingerprint density at radius 2 is 1.36 bits per heavy atom. The molecule has 0 heterocycles. The second kappa shape index (κ2) is 15.1. The molecule has 0 radical (unpaired) electrons. The fourth-order valence-electron chi connectivity index (χ4n) is 5.79. The van der Waals surface area contributed by atoms with Crippen molar-refractivity contribution < 1.29 is 9.47 Å². The van der Waals surface area contributed by atoms with Crippen LogP contribution in [0.1, 0.15) is 114 Å².